The summed E-state index contributed by atoms with van der Waals surface area (Å²) in [5, 5.41) is 8.04. The summed E-state index contributed by atoms with van der Waals surface area (Å²) in [6.07, 6.45) is -3.61. The summed E-state index contributed by atoms with van der Waals surface area (Å²) in [7, 11) is 0. The fourth-order valence-corrected chi connectivity index (χ4v) is 2.79. The highest BCUT2D eigenvalue weighted by Gasteiger charge is 2.42. The molecule has 0 bridgehead atoms. The Kier molecular flexibility index (Phi) is 4.36. The molecule has 2 rings (SSSR count). The van der Waals surface area contributed by atoms with Crippen LogP contribution in [0, 0.1) is 19.8 Å². The molecule has 8 heteroatoms. The number of hydrogen-bond donors (Lipinski definition) is 1. The molecule has 1 atom stereocenters. The second-order valence-corrected chi connectivity index (χ2v) is 5.74. The van der Waals surface area contributed by atoms with Crippen LogP contribution in [0.5, 0.6) is 0 Å². The highest BCUT2D eigenvalue weighted by molar-refractivity contribution is 7.80. The predicted octanol–water partition coefficient (Wildman–Crippen LogP) is 2.51. The minimum Gasteiger partial charge on any atom is -0.389 e. The lowest BCUT2D eigenvalue weighted by Crippen LogP contribution is -2.43. The quantitative estimate of drug-likeness (QED) is 0.849. The molecule has 0 radical (unpaired) electrons. The standard InChI is InChI=1S/C13H17F3N4S/c1-7-8(2)18-19-12(10(7)11(17)21)20-5-3-4-9(6-20)13(14,15)16/h9H,3-6H2,1-2H3,(H2,17,21). The van der Waals surface area contributed by atoms with E-state index >= 15 is 0 Å². The van der Waals surface area contributed by atoms with E-state index in [-0.39, 0.29) is 18.0 Å². The van der Waals surface area contributed by atoms with Crippen LogP contribution in [0.1, 0.15) is 29.7 Å². The number of nitrogens with two attached hydrogens (primary N) is 1. The van der Waals surface area contributed by atoms with Crippen molar-refractivity contribution in [1.82, 2.24) is 10.2 Å². The van der Waals surface area contributed by atoms with Gasteiger partial charge in [-0.3, -0.25) is 0 Å². The number of piperidine rings is 1. The number of rotatable bonds is 2. The van der Waals surface area contributed by atoms with Gasteiger partial charge in [-0.2, -0.15) is 18.3 Å². The lowest BCUT2D eigenvalue weighted by atomic mass is 9.96. The molecule has 1 aromatic rings. The van der Waals surface area contributed by atoms with E-state index < -0.39 is 12.1 Å². The van der Waals surface area contributed by atoms with Gasteiger partial charge < -0.3 is 10.6 Å². The van der Waals surface area contributed by atoms with Crippen molar-refractivity contribution in [2.75, 3.05) is 18.0 Å². The number of halogens is 3. The lowest BCUT2D eigenvalue weighted by molar-refractivity contribution is -0.176. The van der Waals surface area contributed by atoms with Gasteiger partial charge in [0.15, 0.2) is 5.82 Å². The van der Waals surface area contributed by atoms with Crippen molar-refractivity contribution < 1.29 is 13.2 Å². The number of nitrogens with zero attached hydrogens (tertiary/aromatic N) is 3. The van der Waals surface area contributed by atoms with E-state index in [2.05, 4.69) is 10.2 Å². The first kappa shape index (κ1) is 15.9. The molecule has 0 aliphatic carbocycles. The van der Waals surface area contributed by atoms with Gasteiger partial charge in [0.25, 0.3) is 0 Å². The first-order valence-electron chi connectivity index (χ1n) is 6.67. The zero-order valence-corrected chi connectivity index (χ0v) is 12.7. The van der Waals surface area contributed by atoms with E-state index in [9.17, 15) is 13.2 Å². The van der Waals surface area contributed by atoms with Gasteiger partial charge in [0, 0.05) is 13.1 Å². The normalized spacial score (nSPS) is 19.7. The second-order valence-electron chi connectivity index (χ2n) is 5.30. The highest BCUT2D eigenvalue weighted by Crippen LogP contribution is 2.35. The smallest absolute Gasteiger partial charge is 0.389 e. The van der Waals surface area contributed by atoms with Crippen LogP contribution >= 0.6 is 12.2 Å². The summed E-state index contributed by atoms with van der Waals surface area (Å²) in [5.74, 6) is -0.992. The Bertz CT molecular complexity index is 559. The Hall–Kier alpha value is -1.44. The number of anilines is 1. The van der Waals surface area contributed by atoms with Crippen LogP contribution in [0.15, 0.2) is 0 Å². The summed E-state index contributed by atoms with van der Waals surface area (Å²) < 4.78 is 38.8. The van der Waals surface area contributed by atoms with Crippen molar-refractivity contribution in [1.29, 1.82) is 0 Å². The Morgan fingerprint density at radius 2 is 2.00 bits per heavy atom. The summed E-state index contributed by atoms with van der Waals surface area (Å²) in [6.45, 7) is 3.94. The molecule has 1 unspecified atom stereocenters. The summed E-state index contributed by atoms with van der Waals surface area (Å²) in [6, 6.07) is 0. The van der Waals surface area contributed by atoms with E-state index in [0.717, 1.165) is 5.56 Å². The number of alkyl halides is 3. The largest absolute Gasteiger partial charge is 0.393 e. The van der Waals surface area contributed by atoms with Gasteiger partial charge in [-0.1, -0.05) is 12.2 Å². The highest BCUT2D eigenvalue weighted by atomic mass is 32.1. The first-order chi connectivity index (χ1) is 9.71. The third-order valence-electron chi connectivity index (χ3n) is 3.87. The minimum atomic E-state index is -4.20. The Labute approximate surface area is 126 Å². The van der Waals surface area contributed by atoms with Gasteiger partial charge in [-0.15, -0.1) is 5.10 Å². The van der Waals surface area contributed by atoms with E-state index in [1.165, 1.54) is 0 Å². The van der Waals surface area contributed by atoms with E-state index in [4.69, 9.17) is 18.0 Å². The second kappa shape index (κ2) is 5.75. The fourth-order valence-electron chi connectivity index (χ4n) is 2.55. The fraction of sp³-hybridized carbons (Fsp3) is 0.615. The molecule has 2 heterocycles. The monoisotopic (exact) mass is 318 g/mol. The van der Waals surface area contributed by atoms with Crippen molar-refractivity contribution in [3.63, 3.8) is 0 Å². The average molecular weight is 318 g/mol. The Balaban J connectivity index is 2.38. The zero-order valence-electron chi connectivity index (χ0n) is 11.9. The van der Waals surface area contributed by atoms with E-state index in [1.807, 2.05) is 0 Å². The third kappa shape index (κ3) is 3.25. The number of hydrogen-bond acceptors (Lipinski definition) is 4. The maximum atomic E-state index is 12.9. The predicted molar refractivity (Wildman–Crippen MR) is 78.4 cm³/mol. The Morgan fingerprint density at radius 3 is 2.57 bits per heavy atom. The molecule has 0 amide bonds. The van der Waals surface area contributed by atoms with Gasteiger partial charge in [-0.05, 0) is 32.3 Å². The molecule has 0 spiro atoms. The molecule has 4 nitrogen and oxygen atoms in total. The molecule has 116 valence electrons. The molecule has 2 N–H and O–H groups in total. The van der Waals surface area contributed by atoms with Crippen LogP contribution in [0.4, 0.5) is 19.0 Å². The van der Waals surface area contributed by atoms with Crippen molar-refractivity contribution in [3.05, 3.63) is 16.8 Å². The topological polar surface area (TPSA) is 55.0 Å². The number of aryl methyl sites for hydroxylation is 1. The zero-order chi connectivity index (χ0) is 15.8. The van der Waals surface area contributed by atoms with Crippen molar-refractivity contribution in [2.45, 2.75) is 32.9 Å². The van der Waals surface area contributed by atoms with Crippen LogP contribution < -0.4 is 10.6 Å². The summed E-state index contributed by atoms with van der Waals surface area (Å²) in [4.78, 5) is 1.73. The molecule has 1 aliphatic rings. The van der Waals surface area contributed by atoms with E-state index in [1.54, 1.807) is 18.7 Å². The summed E-state index contributed by atoms with van der Waals surface area (Å²) in [5.41, 5.74) is 7.69. The maximum absolute atomic E-state index is 12.9. The third-order valence-corrected chi connectivity index (χ3v) is 4.07. The van der Waals surface area contributed by atoms with Gasteiger partial charge in [-0.25, -0.2) is 0 Å². The molecule has 1 fully saturated rings. The van der Waals surface area contributed by atoms with Crippen LogP contribution in [0.2, 0.25) is 0 Å². The van der Waals surface area contributed by atoms with Crippen molar-refractivity contribution in [2.24, 2.45) is 11.7 Å². The molecule has 0 aromatic carbocycles. The van der Waals surface area contributed by atoms with Gasteiger partial charge in [0.2, 0.25) is 0 Å². The first-order valence-corrected chi connectivity index (χ1v) is 7.08. The van der Waals surface area contributed by atoms with Gasteiger partial charge in [0.05, 0.1) is 17.2 Å². The molecule has 21 heavy (non-hydrogen) atoms. The number of aromatic nitrogens is 2. The lowest BCUT2D eigenvalue weighted by Gasteiger charge is -2.35. The van der Waals surface area contributed by atoms with Crippen molar-refractivity contribution in [3.8, 4) is 0 Å². The van der Waals surface area contributed by atoms with Crippen LogP contribution in [0.3, 0.4) is 0 Å². The van der Waals surface area contributed by atoms with E-state index in [0.29, 0.717) is 30.0 Å². The maximum Gasteiger partial charge on any atom is 0.393 e. The Morgan fingerprint density at radius 1 is 1.33 bits per heavy atom. The van der Waals surface area contributed by atoms with Gasteiger partial charge in [0.1, 0.15) is 4.99 Å². The van der Waals surface area contributed by atoms with Crippen LogP contribution in [-0.2, 0) is 0 Å². The minimum absolute atomic E-state index is 0.129. The molecule has 1 aliphatic heterocycles. The van der Waals surface area contributed by atoms with Crippen LogP contribution in [-0.4, -0.2) is 34.5 Å². The molecular weight excluding hydrogens is 301 g/mol. The molecular formula is C13H17F3N4S. The SMILES string of the molecule is Cc1nnc(N2CCCC(C(F)(F)F)C2)c(C(N)=S)c1C. The molecule has 1 saturated heterocycles. The van der Waals surface area contributed by atoms with Gasteiger partial charge >= 0.3 is 6.18 Å². The van der Waals surface area contributed by atoms with Crippen molar-refractivity contribution >= 4 is 23.0 Å². The molecule has 1 aromatic heterocycles. The number of thiocarbonyl (C=S) groups is 1. The van der Waals surface area contributed by atoms with Crippen LogP contribution in [0.25, 0.3) is 0 Å². The molecule has 0 saturated carbocycles. The average Bonchev–Trinajstić information content (AvgIpc) is 2.40. The summed E-state index contributed by atoms with van der Waals surface area (Å²) >= 11 is 5.03.